The van der Waals surface area contributed by atoms with E-state index in [-0.39, 0.29) is 0 Å². The molecule has 0 aliphatic heterocycles. The molecule has 0 saturated carbocycles. The van der Waals surface area contributed by atoms with Crippen molar-refractivity contribution in [3.8, 4) is 0 Å². The SMILES string of the molecule is C=C.Cc1ccncc1. The topological polar surface area (TPSA) is 12.9 Å². The summed E-state index contributed by atoms with van der Waals surface area (Å²) in [5.74, 6) is 0. The van der Waals surface area contributed by atoms with Gasteiger partial charge in [-0.05, 0) is 24.6 Å². The number of hydrogen-bond donors (Lipinski definition) is 0. The summed E-state index contributed by atoms with van der Waals surface area (Å²) in [4.78, 5) is 3.85. The van der Waals surface area contributed by atoms with Crippen LogP contribution in [0.2, 0.25) is 0 Å². The summed E-state index contributed by atoms with van der Waals surface area (Å²) in [5, 5.41) is 0. The Hall–Kier alpha value is -1.11. The van der Waals surface area contributed by atoms with Gasteiger partial charge in [0.1, 0.15) is 0 Å². The molecule has 0 spiro atoms. The molecule has 1 aromatic heterocycles. The molecule has 48 valence electrons. The van der Waals surface area contributed by atoms with Crippen molar-refractivity contribution in [1.82, 2.24) is 4.98 Å². The maximum absolute atomic E-state index is 3.85. The number of pyridine rings is 1. The number of rotatable bonds is 0. The van der Waals surface area contributed by atoms with Crippen molar-refractivity contribution in [2.24, 2.45) is 0 Å². The molecule has 0 N–H and O–H groups in total. The molecule has 1 heteroatoms. The van der Waals surface area contributed by atoms with Crippen LogP contribution in [0.4, 0.5) is 0 Å². The van der Waals surface area contributed by atoms with Crippen molar-refractivity contribution < 1.29 is 0 Å². The molecule has 1 nitrogen and oxygen atoms in total. The molecule has 1 heterocycles. The average Bonchev–Trinajstić information content (AvgIpc) is 1.94. The quantitative estimate of drug-likeness (QED) is 0.479. The van der Waals surface area contributed by atoms with E-state index in [1.54, 1.807) is 12.4 Å². The molecule has 0 fully saturated rings. The lowest BCUT2D eigenvalue weighted by atomic mass is 10.3. The first-order valence-electron chi connectivity index (χ1n) is 2.76. The first-order chi connectivity index (χ1) is 4.39. The molecular weight excluding hydrogens is 110 g/mol. The van der Waals surface area contributed by atoms with Gasteiger partial charge in [0.25, 0.3) is 0 Å². The predicted molar refractivity (Wildman–Crippen MR) is 40.2 cm³/mol. The monoisotopic (exact) mass is 121 g/mol. The van der Waals surface area contributed by atoms with Crippen molar-refractivity contribution in [3.63, 3.8) is 0 Å². The van der Waals surface area contributed by atoms with Gasteiger partial charge in [0, 0.05) is 12.4 Å². The van der Waals surface area contributed by atoms with Crippen LogP contribution in [-0.4, -0.2) is 4.98 Å². The Kier molecular flexibility index (Phi) is 4.41. The van der Waals surface area contributed by atoms with Crippen molar-refractivity contribution in [2.75, 3.05) is 0 Å². The van der Waals surface area contributed by atoms with Gasteiger partial charge in [-0.3, -0.25) is 4.98 Å². The smallest absolute Gasteiger partial charge is 0.0270 e. The van der Waals surface area contributed by atoms with E-state index in [0.29, 0.717) is 0 Å². The fourth-order valence-electron chi connectivity index (χ4n) is 0.426. The van der Waals surface area contributed by atoms with E-state index >= 15 is 0 Å². The van der Waals surface area contributed by atoms with Crippen LogP contribution < -0.4 is 0 Å². The zero-order valence-electron chi connectivity index (χ0n) is 5.67. The molecule has 0 aliphatic carbocycles. The van der Waals surface area contributed by atoms with E-state index in [9.17, 15) is 0 Å². The first kappa shape index (κ1) is 7.89. The molecule has 0 amide bonds. The largest absolute Gasteiger partial charge is 0.265 e. The first-order valence-corrected chi connectivity index (χ1v) is 2.76. The minimum Gasteiger partial charge on any atom is -0.265 e. The predicted octanol–water partition coefficient (Wildman–Crippen LogP) is 2.19. The van der Waals surface area contributed by atoms with Crippen LogP contribution in [0, 0.1) is 6.92 Å². The molecule has 1 rings (SSSR count). The van der Waals surface area contributed by atoms with Crippen LogP contribution in [0.5, 0.6) is 0 Å². The third kappa shape index (κ3) is 3.47. The van der Waals surface area contributed by atoms with Crippen LogP contribution in [0.1, 0.15) is 5.56 Å². The molecule has 9 heavy (non-hydrogen) atoms. The van der Waals surface area contributed by atoms with E-state index in [1.807, 2.05) is 19.1 Å². The van der Waals surface area contributed by atoms with Crippen molar-refractivity contribution in [2.45, 2.75) is 6.92 Å². The minimum atomic E-state index is 1.26. The Morgan fingerprint density at radius 2 is 1.67 bits per heavy atom. The van der Waals surface area contributed by atoms with E-state index < -0.39 is 0 Å². The van der Waals surface area contributed by atoms with Gasteiger partial charge in [-0.15, -0.1) is 13.2 Å². The van der Waals surface area contributed by atoms with Crippen LogP contribution >= 0.6 is 0 Å². The highest BCUT2D eigenvalue weighted by Gasteiger charge is 1.72. The standard InChI is InChI=1S/C6H7N.C2H4/c1-6-2-4-7-5-3-6;1-2/h2-5H,1H3;1-2H2. The Labute approximate surface area is 56.1 Å². The van der Waals surface area contributed by atoms with Gasteiger partial charge >= 0.3 is 0 Å². The number of hydrogen-bond acceptors (Lipinski definition) is 1. The second-order valence-electron chi connectivity index (χ2n) is 1.52. The van der Waals surface area contributed by atoms with Crippen molar-refractivity contribution in [1.29, 1.82) is 0 Å². The molecular formula is C8H11N. The maximum atomic E-state index is 3.85. The summed E-state index contributed by atoms with van der Waals surface area (Å²) in [5.41, 5.74) is 1.26. The highest BCUT2D eigenvalue weighted by atomic mass is 14.6. The Morgan fingerprint density at radius 3 is 1.89 bits per heavy atom. The molecule has 0 radical (unpaired) electrons. The summed E-state index contributed by atoms with van der Waals surface area (Å²) in [6.07, 6.45) is 3.57. The van der Waals surface area contributed by atoms with Gasteiger partial charge < -0.3 is 0 Å². The molecule has 0 unspecified atom stereocenters. The molecule has 0 aliphatic rings. The molecule has 0 bridgehead atoms. The second-order valence-corrected chi connectivity index (χ2v) is 1.52. The average molecular weight is 121 g/mol. The van der Waals surface area contributed by atoms with Gasteiger partial charge in [0.15, 0.2) is 0 Å². The van der Waals surface area contributed by atoms with E-state index in [2.05, 4.69) is 18.1 Å². The van der Waals surface area contributed by atoms with Gasteiger partial charge in [0.05, 0.1) is 0 Å². The van der Waals surface area contributed by atoms with E-state index in [1.165, 1.54) is 5.56 Å². The summed E-state index contributed by atoms with van der Waals surface area (Å²) in [6.45, 7) is 8.04. The minimum absolute atomic E-state index is 1.26. The van der Waals surface area contributed by atoms with Gasteiger partial charge in [-0.25, -0.2) is 0 Å². The third-order valence-electron chi connectivity index (χ3n) is 0.847. The number of nitrogens with zero attached hydrogens (tertiary/aromatic N) is 1. The molecule has 0 saturated heterocycles. The summed E-state index contributed by atoms with van der Waals surface area (Å²) < 4.78 is 0. The Morgan fingerprint density at radius 1 is 1.22 bits per heavy atom. The van der Waals surface area contributed by atoms with Gasteiger partial charge in [-0.1, -0.05) is 0 Å². The van der Waals surface area contributed by atoms with Gasteiger partial charge in [-0.2, -0.15) is 0 Å². The van der Waals surface area contributed by atoms with Gasteiger partial charge in [0.2, 0.25) is 0 Å². The lowest BCUT2D eigenvalue weighted by molar-refractivity contribution is 1.29. The Balaban J connectivity index is 0.000000291. The normalized spacial score (nSPS) is 7.22. The van der Waals surface area contributed by atoms with Crippen molar-refractivity contribution >= 4 is 0 Å². The number of aromatic nitrogens is 1. The Bertz CT molecular complexity index is 146. The maximum Gasteiger partial charge on any atom is 0.0270 e. The van der Waals surface area contributed by atoms with E-state index in [0.717, 1.165) is 0 Å². The zero-order valence-corrected chi connectivity index (χ0v) is 5.67. The lowest BCUT2D eigenvalue weighted by Crippen LogP contribution is -1.68. The van der Waals surface area contributed by atoms with E-state index in [4.69, 9.17) is 0 Å². The summed E-state index contributed by atoms with van der Waals surface area (Å²) in [7, 11) is 0. The third-order valence-corrected chi connectivity index (χ3v) is 0.847. The highest BCUT2D eigenvalue weighted by Crippen LogP contribution is 1.88. The van der Waals surface area contributed by atoms with Crippen LogP contribution in [0.15, 0.2) is 37.7 Å². The lowest BCUT2D eigenvalue weighted by Gasteiger charge is -1.82. The van der Waals surface area contributed by atoms with Crippen LogP contribution in [0.3, 0.4) is 0 Å². The van der Waals surface area contributed by atoms with Crippen LogP contribution in [-0.2, 0) is 0 Å². The highest BCUT2D eigenvalue weighted by molar-refractivity contribution is 5.05. The zero-order chi connectivity index (χ0) is 7.11. The fourth-order valence-corrected chi connectivity index (χ4v) is 0.426. The summed E-state index contributed by atoms with van der Waals surface area (Å²) in [6, 6.07) is 3.94. The van der Waals surface area contributed by atoms with Crippen molar-refractivity contribution in [3.05, 3.63) is 43.2 Å². The molecule has 0 atom stereocenters. The van der Waals surface area contributed by atoms with Crippen LogP contribution in [0.25, 0.3) is 0 Å². The molecule has 0 aromatic carbocycles. The summed E-state index contributed by atoms with van der Waals surface area (Å²) >= 11 is 0. The second kappa shape index (κ2) is 5.04. The fraction of sp³-hybridized carbons (Fsp3) is 0.125. The molecule has 1 aromatic rings. The number of aryl methyl sites for hydroxylation is 1.